The maximum absolute atomic E-state index is 12.1. The maximum atomic E-state index is 12.1. The molecule has 1 aromatic heterocycles. The summed E-state index contributed by atoms with van der Waals surface area (Å²) in [6.45, 7) is 8.12. The lowest BCUT2D eigenvalue weighted by Gasteiger charge is -2.14. The van der Waals surface area contributed by atoms with Gasteiger partial charge in [-0.3, -0.25) is 4.79 Å². The van der Waals surface area contributed by atoms with Crippen LogP contribution in [0.15, 0.2) is 47.6 Å². The van der Waals surface area contributed by atoms with Crippen LogP contribution >= 0.6 is 0 Å². The van der Waals surface area contributed by atoms with Gasteiger partial charge in [0, 0.05) is 22.2 Å². The fourth-order valence-corrected chi connectivity index (χ4v) is 3.05. The first kappa shape index (κ1) is 18.7. The molecule has 0 radical (unpaired) electrons. The molecule has 2 N–H and O–H groups in total. The Labute approximate surface area is 159 Å². The molecule has 3 aromatic rings. The molecule has 3 rings (SSSR count). The number of para-hydroxylation sites is 1. The fourth-order valence-electron chi connectivity index (χ4n) is 3.05. The number of fused-ring (bicyclic) bond motifs is 1. The molecule has 140 valence electrons. The second-order valence-electron chi connectivity index (χ2n) is 6.99. The summed E-state index contributed by atoms with van der Waals surface area (Å²) in [4.78, 5) is 15.4. The van der Waals surface area contributed by atoms with Crippen LogP contribution in [-0.4, -0.2) is 23.7 Å². The van der Waals surface area contributed by atoms with Crippen molar-refractivity contribution in [2.75, 3.05) is 6.61 Å². The molecule has 1 amide bonds. The molecule has 0 bridgehead atoms. The summed E-state index contributed by atoms with van der Waals surface area (Å²) in [6, 6.07) is 14.1. The van der Waals surface area contributed by atoms with Gasteiger partial charge in [0.1, 0.15) is 5.75 Å². The molecule has 0 saturated heterocycles. The number of aromatic amines is 1. The smallest absolute Gasteiger partial charge is 0.277 e. The summed E-state index contributed by atoms with van der Waals surface area (Å²) in [7, 11) is 0. The Morgan fingerprint density at radius 2 is 2.00 bits per heavy atom. The molecule has 5 heteroatoms. The van der Waals surface area contributed by atoms with Crippen LogP contribution in [-0.2, 0) is 4.79 Å². The lowest BCUT2D eigenvalue weighted by atomic mass is 10.0. The van der Waals surface area contributed by atoms with E-state index >= 15 is 0 Å². The van der Waals surface area contributed by atoms with Gasteiger partial charge in [0.2, 0.25) is 0 Å². The predicted octanol–water partition coefficient (Wildman–Crippen LogP) is 4.44. The summed E-state index contributed by atoms with van der Waals surface area (Å²) in [5.41, 5.74) is 7.75. The Morgan fingerprint density at radius 1 is 1.22 bits per heavy atom. The highest BCUT2D eigenvalue weighted by atomic mass is 16.5. The van der Waals surface area contributed by atoms with Crippen molar-refractivity contribution in [3.63, 3.8) is 0 Å². The van der Waals surface area contributed by atoms with E-state index in [9.17, 15) is 4.79 Å². The van der Waals surface area contributed by atoms with E-state index in [1.807, 2.05) is 50.2 Å². The predicted molar refractivity (Wildman–Crippen MR) is 110 cm³/mol. The number of ether oxygens (including phenoxy) is 1. The minimum Gasteiger partial charge on any atom is -0.483 e. The van der Waals surface area contributed by atoms with Crippen molar-refractivity contribution >= 4 is 23.0 Å². The molecule has 0 fully saturated rings. The number of hydrazone groups is 1. The molecule has 0 spiro atoms. The summed E-state index contributed by atoms with van der Waals surface area (Å²) >= 11 is 0. The lowest BCUT2D eigenvalue weighted by Crippen LogP contribution is -2.25. The van der Waals surface area contributed by atoms with Crippen molar-refractivity contribution in [3.8, 4) is 5.75 Å². The standard InChI is InChI=1S/C22H25N3O2/c1-14(2)17-10-9-15(3)11-21(17)27-13-22(26)25-23-12-19-16(4)24-20-8-6-5-7-18(19)20/h5-12,14,24H,13H2,1-4H3,(H,25,26)/b23-12+. The third-order valence-corrected chi connectivity index (χ3v) is 4.48. The molecule has 0 saturated carbocycles. The van der Waals surface area contributed by atoms with Crippen LogP contribution in [0.4, 0.5) is 0 Å². The highest BCUT2D eigenvalue weighted by molar-refractivity contribution is 6.00. The largest absolute Gasteiger partial charge is 0.483 e. The zero-order valence-corrected chi connectivity index (χ0v) is 16.2. The second kappa shape index (κ2) is 8.08. The normalized spacial score (nSPS) is 11.4. The van der Waals surface area contributed by atoms with Crippen molar-refractivity contribution in [1.29, 1.82) is 0 Å². The monoisotopic (exact) mass is 363 g/mol. The van der Waals surface area contributed by atoms with Gasteiger partial charge in [-0.2, -0.15) is 5.10 Å². The van der Waals surface area contributed by atoms with Crippen molar-refractivity contribution < 1.29 is 9.53 Å². The molecule has 27 heavy (non-hydrogen) atoms. The number of carbonyl (C=O) groups excluding carboxylic acids is 1. The van der Waals surface area contributed by atoms with E-state index in [0.717, 1.165) is 39.0 Å². The fraction of sp³-hybridized carbons (Fsp3) is 0.273. The highest BCUT2D eigenvalue weighted by Crippen LogP contribution is 2.27. The third kappa shape index (κ3) is 4.37. The SMILES string of the molecule is Cc1ccc(C(C)C)c(OCC(=O)N/N=C/c2c(C)[nH]c3ccccc23)c1. The van der Waals surface area contributed by atoms with E-state index < -0.39 is 0 Å². The Kier molecular flexibility index (Phi) is 5.60. The van der Waals surface area contributed by atoms with E-state index in [-0.39, 0.29) is 12.5 Å². The van der Waals surface area contributed by atoms with Crippen LogP contribution < -0.4 is 10.2 Å². The average Bonchev–Trinajstić information content (AvgIpc) is 2.95. The number of amides is 1. The number of carbonyl (C=O) groups is 1. The van der Waals surface area contributed by atoms with Gasteiger partial charge in [-0.15, -0.1) is 0 Å². The molecular formula is C22H25N3O2. The molecular weight excluding hydrogens is 338 g/mol. The van der Waals surface area contributed by atoms with E-state index in [0.29, 0.717) is 5.92 Å². The van der Waals surface area contributed by atoms with Gasteiger partial charge in [-0.1, -0.05) is 44.2 Å². The van der Waals surface area contributed by atoms with Crippen LogP contribution in [0, 0.1) is 13.8 Å². The van der Waals surface area contributed by atoms with Crippen LogP contribution in [0.5, 0.6) is 5.75 Å². The molecule has 0 aliphatic rings. The Balaban J connectivity index is 1.63. The number of H-pyrrole nitrogens is 1. The minimum atomic E-state index is -0.292. The van der Waals surface area contributed by atoms with Crippen molar-refractivity contribution in [1.82, 2.24) is 10.4 Å². The maximum Gasteiger partial charge on any atom is 0.277 e. The number of hydrogen-bond donors (Lipinski definition) is 2. The van der Waals surface area contributed by atoms with Gasteiger partial charge in [0.25, 0.3) is 5.91 Å². The molecule has 1 heterocycles. The van der Waals surface area contributed by atoms with Gasteiger partial charge in [0.15, 0.2) is 6.61 Å². The van der Waals surface area contributed by atoms with Crippen LogP contribution in [0.3, 0.4) is 0 Å². The quantitative estimate of drug-likeness (QED) is 0.502. The third-order valence-electron chi connectivity index (χ3n) is 4.48. The first-order valence-corrected chi connectivity index (χ1v) is 9.08. The number of hydrogen-bond acceptors (Lipinski definition) is 3. The number of aryl methyl sites for hydroxylation is 2. The summed E-state index contributed by atoms with van der Waals surface area (Å²) in [6.07, 6.45) is 1.66. The van der Waals surface area contributed by atoms with E-state index in [2.05, 4.69) is 35.4 Å². The van der Waals surface area contributed by atoms with Crippen molar-refractivity contribution in [2.45, 2.75) is 33.6 Å². The number of benzene rings is 2. The number of rotatable bonds is 6. The average molecular weight is 363 g/mol. The minimum absolute atomic E-state index is 0.0760. The topological polar surface area (TPSA) is 66.5 Å². The molecule has 0 atom stereocenters. The van der Waals surface area contributed by atoms with Gasteiger partial charge >= 0.3 is 0 Å². The highest BCUT2D eigenvalue weighted by Gasteiger charge is 2.10. The molecule has 0 unspecified atom stereocenters. The Hall–Kier alpha value is -3.08. The number of nitrogens with zero attached hydrogens (tertiary/aromatic N) is 1. The molecule has 5 nitrogen and oxygen atoms in total. The van der Waals surface area contributed by atoms with Gasteiger partial charge in [-0.05, 0) is 43.0 Å². The first-order valence-electron chi connectivity index (χ1n) is 9.08. The van der Waals surface area contributed by atoms with Crippen molar-refractivity contribution in [2.24, 2.45) is 5.10 Å². The zero-order chi connectivity index (χ0) is 19.4. The van der Waals surface area contributed by atoms with Gasteiger partial charge < -0.3 is 9.72 Å². The van der Waals surface area contributed by atoms with Crippen LogP contribution in [0.2, 0.25) is 0 Å². The van der Waals surface area contributed by atoms with Gasteiger partial charge in [0.05, 0.1) is 6.21 Å². The van der Waals surface area contributed by atoms with E-state index in [4.69, 9.17) is 4.74 Å². The molecule has 0 aliphatic heterocycles. The van der Waals surface area contributed by atoms with Crippen molar-refractivity contribution in [3.05, 3.63) is 64.8 Å². The number of nitrogens with one attached hydrogen (secondary N) is 2. The molecule has 2 aromatic carbocycles. The Morgan fingerprint density at radius 3 is 2.78 bits per heavy atom. The van der Waals surface area contributed by atoms with Gasteiger partial charge in [-0.25, -0.2) is 5.43 Å². The lowest BCUT2D eigenvalue weighted by molar-refractivity contribution is -0.123. The zero-order valence-electron chi connectivity index (χ0n) is 16.2. The Bertz CT molecular complexity index is 986. The second-order valence-corrected chi connectivity index (χ2v) is 6.99. The summed E-state index contributed by atoms with van der Waals surface area (Å²) in [5.74, 6) is 0.781. The van der Waals surface area contributed by atoms with Crippen LogP contribution in [0.25, 0.3) is 10.9 Å². The van der Waals surface area contributed by atoms with E-state index in [1.165, 1.54) is 0 Å². The molecule has 0 aliphatic carbocycles. The number of aromatic nitrogens is 1. The van der Waals surface area contributed by atoms with E-state index in [1.54, 1.807) is 6.21 Å². The van der Waals surface area contributed by atoms with Crippen LogP contribution in [0.1, 0.15) is 42.1 Å². The first-order chi connectivity index (χ1) is 13.0. The summed E-state index contributed by atoms with van der Waals surface area (Å²) < 4.78 is 5.73. The summed E-state index contributed by atoms with van der Waals surface area (Å²) in [5, 5.41) is 5.16.